The average molecular weight is 252 g/mol. The maximum absolute atomic E-state index is 2.32. The van der Waals surface area contributed by atoms with Gasteiger partial charge in [-0.2, -0.15) is 0 Å². The minimum Gasteiger partial charge on any atom is -0.312 e. The molecule has 0 spiro atoms. The van der Waals surface area contributed by atoms with Crippen molar-refractivity contribution in [3.05, 3.63) is 71.8 Å². The number of hydrogen-bond acceptors (Lipinski definition) is 1. The zero-order valence-electron chi connectivity index (χ0n) is 12.2. The van der Waals surface area contributed by atoms with Crippen LogP contribution < -0.4 is 0 Å². The maximum atomic E-state index is 2.32. The van der Waals surface area contributed by atoms with E-state index in [1.54, 1.807) is 0 Å². The zero-order valence-corrected chi connectivity index (χ0v) is 12.2. The number of nitrogens with zero attached hydrogens (tertiary/aromatic N) is 1. The molecule has 99 valence electrons. The first kappa shape index (κ1) is 15.5. The molecule has 2 aromatic carbocycles. The average Bonchev–Trinajstić information content (AvgIpc) is 2.41. The summed E-state index contributed by atoms with van der Waals surface area (Å²) in [6, 6.07) is 21.1. The van der Waals surface area contributed by atoms with Crippen molar-refractivity contribution in [1.82, 2.24) is 4.90 Å². The Kier molecular flexibility index (Phi) is 7.68. The van der Waals surface area contributed by atoms with Gasteiger partial charge < -0.3 is 4.90 Å². The summed E-state index contributed by atoms with van der Waals surface area (Å²) in [6.45, 7) is 0. The molecule has 0 saturated heterocycles. The van der Waals surface area contributed by atoms with E-state index in [4.69, 9.17) is 0 Å². The molecule has 0 aromatic heterocycles. The van der Waals surface area contributed by atoms with Crippen LogP contribution in [0, 0.1) is 0 Å². The molecule has 2 heteroatoms. The lowest BCUT2D eigenvalue weighted by atomic mass is 9.67. The number of benzene rings is 2. The highest BCUT2D eigenvalue weighted by Gasteiger charge is 1.95. The Morgan fingerprint density at radius 1 is 0.684 bits per heavy atom. The van der Waals surface area contributed by atoms with Crippen LogP contribution in [0.5, 0.6) is 0 Å². The molecule has 0 bridgehead atoms. The molecule has 2 aromatic rings. The Bertz CT molecular complexity index is 383. The second-order valence-electron chi connectivity index (χ2n) is 5.01. The van der Waals surface area contributed by atoms with Crippen LogP contribution in [0.1, 0.15) is 11.1 Å². The predicted molar refractivity (Wildman–Crippen MR) is 85.7 cm³/mol. The molecule has 2 rings (SSSR count). The highest BCUT2D eigenvalue weighted by molar-refractivity contribution is 6.34. The van der Waals surface area contributed by atoms with Gasteiger partial charge in [0, 0.05) is 0 Å². The Morgan fingerprint density at radius 3 is 1.32 bits per heavy atom. The van der Waals surface area contributed by atoms with Crippen molar-refractivity contribution in [3.63, 3.8) is 0 Å². The standard InChI is InChI=1S/C14H14B.C3H9N/c1-3-7-13(8-4-1)11-15-12-14-9-5-2-6-10-14;1-4(2)3/h1-10H,11-12H2;1-3H3. The van der Waals surface area contributed by atoms with Crippen LogP contribution in [0.3, 0.4) is 0 Å². The number of hydrogen-bond donors (Lipinski definition) is 0. The quantitative estimate of drug-likeness (QED) is 0.755. The summed E-state index contributed by atoms with van der Waals surface area (Å²) >= 11 is 0. The van der Waals surface area contributed by atoms with Gasteiger partial charge in [0.25, 0.3) is 0 Å². The third kappa shape index (κ3) is 8.23. The molecular weight excluding hydrogens is 229 g/mol. The summed E-state index contributed by atoms with van der Waals surface area (Å²) in [4.78, 5) is 2.00. The molecule has 0 aliphatic carbocycles. The van der Waals surface area contributed by atoms with E-state index in [1.165, 1.54) is 11.1 Å². The van der Waals surface area contributed by atoms with Crippen molar-refractivity contribution in [3.8, 4) is 0 Å². The lowest BCUT2D eigenvalue weighted by Crippen LogP contribution is -2.01. The van der Waals surface area contributed by atoms with Gasteiger partial charge in [-0.05, 0) is 21.1 Å². The van der Waals surface area contributed by atoms with Crippen LogP contribution in [0.2, 0.25) is 0 Å². The molecule has 0 saturated carbocycles. The minimum atomic E-state index is 1.05. The van der Waals surface area contributed by atoms with E-state index in [2.05, 4.69) is 67.9 Å². The van der Waals surface area contributed by atoms with Crippen LogP contribution in [-0.2, 0) is 12.6 Å². The van der Waals surface area contributed by atoms with E-state index in [0.29, 0.717) is 0 Å². The van der Waals surface area contributed by atoms with Crippen LogP contribution in [0.4, 0.5) is 0 Å². The Labute approximate surface area is 118 Å². The summed E-state index contributed by atoms with van der Waals surface area (Å²) in [7, 11) is 8.32. The van der Waals surface area contributed by atoms with Gasteiger partial charge in [-0.3, -0.25) is 0 Å². The maximum Gasteiger partial charge on any atom is 0.121 e. The topological polar surface area (TPSA) is 3.24 Å². The second-order valence-corrected chi connectivity index (χ2v) is 5.01. The third-order valence-electron chi connectivity index (χ3n) is 2.45. The first-order chi connectivity index (χ1) is 9.18. The summed E-state index contributed by atoms with van der Waals surface area (Å²) in [5.41, 5.74) is 2.77. The molecule has 0 aliphatic rings. The van der Waals surface area contributed by atoms with E-state index in [9.17, 15) is 0 Å². The molecule has 0 heterocycles. The fourth-order valence-corrected chi connectivity index (χ4v) is 1.63. The van der Waals surface area contributed by atoms with Gasteiger partial charge in [0.1, 0.15) is 7.28 Å². The van der Waals surface area contributed by atoms with Gasteiger partial charge in [0.2, 0.25) is 0 Å². The summed E-state index contributed by atoms with van der Waals surface area (Å²) < 4.78 is 0. The molecule has 0 unspecified atom stereocenters. The smallest absolute Gasteiger partial charge is 0.121 e. The molecule has 1 radical (unpaired) electrons. The molecular formula is C17H23BN. The first-order valence-corrected chi connectivity index (χ1v) is 6.69. The first-order valence-electron chi connectivity index (χ1n) is 6.69. The van der Waals surface area contributed by atoms with Crippen molar-refractivity contribution >= 4 is 7.28 Å². The van der Waals surface area contributed by atoms with Gasteiger partial charge in [-0.1, -0.05) is 84.4 Å². The highest BCUT2D eigenvalue weighted by atomic mass is 15.0. The van der Waals surface area contributed by atoms with Crippen LogP contribution in [0.15, 0.2) is 60.7 Å². The Hall–Kier alpha value is -1.54. The normalized spacial score (nSPS) is 9.68. The second kappa shape index (κ2) is 9.40. The monoisotopic (exact) mass is 252 g/mol. The van der Waals surface area contributed by atoms with Gasteiger partial charge in [-0.25, -0.2) is 0 Å². The predicted octanol–water partition coefficient (Wildman–Crippen LogP) is 3.27. The van der Waals surface area contributed by atoms with Crippen LogP contribution >= 0.6 is 0 Å². The van der Waals surface area contributed by atoms with E-state index >= 15 is 0 Å². The molecule has 0 amide bonds. The lowest BCUT2D eigenvalue weighted by molar-refractivity contribution is 0.505. The largest absolute Gasteiger partial charge is 0.312 e. The molecule has 0 aliphatic heterocycles. The SMILES string of the molecule is CN(C)C.[B](Cc1ccccc1)Cc1ccccc1. The van der Waals surface area contributed by atoms with Crippen molar-refractivity contribution in [1.29, 1.82) is 0 Å². The highest BCUT2D eigenvalue weighted by Crippen LogP contribution is 2.02. The lowest BCUT2D eigenvalue weighted by Gasteiger charge is -2.00. The van der Waals surface area contributed by atoms with E-state index in [0.717, 1.165) is 12.6 Å². The summed E-state index contributed by atoms with van der Waals surface area (Å²) in [5.74, 6) is 0. The number of rotatable bonds is 4. The van der Waals surface area contributed by atoms with Gasteiger partial charge in [0.05, 0.1) is 0 Å². The molecule has 0 N–H and O–H groups in total. The van der Waals surface area contributed by atoms with Crippen molar-refractivity contribution < 1.29 is 0 Å². The molecule has 1 nitrogen and oxygen atoms in total. The molecule has 19 heavy (non-hydrogen) atoms. The summed E-state index contributed by atoms with van der Waals surface area (Å²) in [6.07, 6.45) is 2.10. The van der Waals surface area contributed by atoms with Crippen molar-refractivity contribution in [2.75, 3.05) is 21.1 Å². The fourth-order valence-electron chi connectivity index (χ4n) is 1.63. The fraction of sp³-hybridized carbons (Fsp3) is 0.294. The van der Waals surface area contributed by atoms with Gasteiger partial charge >= 0.3 is 0 Å². The van der Waals surface area contributed by atoms with Crippen LogP contribution in [-0.4, -0.2) is 33.3 Å². The van der Waals surface area contributed by atoms with Crippen molar-refractivity contribution in [2.24, 2.45) is 0 Å². The Morgan fingerprint density at radius 2 is 1.00 bits per heavy atom. The Balaban J connectivity index is 0.000000399. The van der Waals surface area contributed by atoms with Gasteiger partial charge in [-0.15, -0.1) is 0 Å². The minimum absolute atomic E-state index is 1.05. The van der Waals surface area contributed by atoms with Gasteiger partial charge in [0.15, 0.2) is 0 Å². The van der Waals surface area contributed by atoms with Crippen LogP contribution in [0.25, 0.3) is 0 Å². The zero-order chi connectivity index (χ0) is 13.9. The van der Waals surface area contributed by atoms with E-state index in [-0.39, 0.29) is 0 Å². The van der Waals surface area contributed by atoms with E-state index in [1.807, 2.05) is 26.0 Å². The van der Waals surface area contributed by atoms with Crippen molar-refractivity contribution in [2.45, 2.75) is 12.6 Å². The molecule has 0 atom stereocenters. The van der Waals surface area contributed by atoms with E-state index < -0.39 is 0 Å². The third-order valence-corrected chi connectivity index (χ3v) is 2.45. The summed E-state index contributed by atoms with van der Waals surface area (Å²) in [5, 5.41) is 0. The molecule has 0 fully saturated rings.